The van der Waals surface area contributed by atoms with Crippen LogP contribution in [0.15, 0.2) is 54.6 Å². The van der Waals surface area contributed by atoms with E-state index in [9.17, 15) is 18.8 Å². The van der Waals surface area contributed by atoms with Crippen molar-refractivity contribution in [2.75, 3.05) is 13.1 Å². The van der Waals surface area contributed by atoms with Gasteiger partial charge in [-0.25, -0.2) is 4.39 Å². The lowest BCUT2D eigenvalue weighted by Gasteiger charge is -2.36. The van der Waals surface area contributed by atoms with E-state index in [-0.39, 0.29) is 41.5 Å². The second-order valence-electron chi connectivity index (χ2n) is 8.92. The molecule has 6 nitrogen and oxygen atoms in total. The number of carbonyl (C=O) groups excluding carboxylic acids is 3. The Balaban J connectivity index is 1.30. The third kappa shape index (κ3) is 5.78. The summed E-state index contributed by atoms with van der Waals surface area (Å²) in [5, 5.41) is 6.19. The van der Waals surface area contributed by atoms with Gasteiger partial charge in [0.05, 0.1) is 0 Å². The highest BCUT2D eigenvalue weighted by Crippen LogP contribution is 2.23. The van der Waals surface area contributed by atoms with Crippen molar-refractivity contribution < 1.29 is 18.8 Å². The third-order valence-electron chi connectivity index (χ3n) is 6.69. The Kier molecular flexibility index (Phi) is 7.37. The quantitative estimate of drug-likeness (QED) is 0.730. The fraction of sp³-hybridized carbons (Fsp3) is 0.423. The molecule has 0 radical (unpaired) electrons. The zero-order chi connectivity index (χ0) is 23.2. The van der Waals surface area contributed by atoms with Crippen LogP contribution in [0.3, 0.4) is 0 Å². The molecule has 33 heavy (non-hydrogen) atoms. The van der Waals surface area contributed by atoms with Crippen molar-refractivity contribution >= 4 is 17.7 Å². The first-order valence-corrected chi connectivity index (χ1v) is 11.7. The lowest BCUT2D eigenvalue weighted by molar-refractivity contribution is -0.127. The van der Waals surface area contributed by atoms with Crippen LogP contribution in [0.2, 0.25) is 0 Å². The molecule has 1 heterocycles. The second kappa shape index (κ2) is 10.6. The van der Waals surface area contributed by atoms with Gasteiger partial charge in [0.2, 0.25) is 5.91 Å². The molecule has 1 saturated heterocycles. The van der Waals surface area contributed by atoms with E-state index in [1.165, 1.54) is 24.3 Å². The topological polar surface area (TPSA) is 78.5 Å². The van der Waals surface area contributed by atoms with Crippen LogP contribution in [0.5, 0.6) is 0 Å². The van der Waals surface area contributed by atoms with Crippen molar-refractivity contribution in [3.05, 3.63) is 71.5 Å². The summed E-state index contributed by atoms with van der Waals surface area (Å²) >= 11 is 0. The van der Waals surface area contributed by atoms with Crippen LogP contribution in [0, 0.1) is 11.7 Å². The molecular formula is C26H30FN3O3. The molecular weight excluding hydrogens is 421 g/mol. The maximum atomic E-state index is 13.1. The lowest BCUT2D eigenvalue weighted by Crippen LogP contribution is -2.55. The van der Waals surface area contributed by atoms with Crippen LogP contribution in [0.1, 0.15) is 59.2 Å². The van der Waals surface area contributed by atoms with Crippen molar-refractivity contribution in [3.63, 3.8) is 0 Å². The molecule has 0 aromatic heterocycles. The van der Waals surface area contributed by atoms with Crippen LogP contribution in [0.4, 0.5) is 4.39 Å². The molecule has 1 aliphatic heterocycles. The summed E-state index contributed by atoms with van der Waals surface area (Å²) < 4.78 is 13.1. The summed E-state index contributed by atoms with van der Waals surface area (Å²) in [6.07, 6.45) is 4.85. The van der Waals surface area contributed by atoms with Gasteiger partial charge in [0.15, 0.2) is 0 Å². The van der Waals surface area contributed by atoms with Gasteiger partial charge in [-0.15, -0.1) is 0 Å². The van der Waals surface area contributed by atoms with E-state index in [2.05, 4.69) is 10.6 Å². The number of nitrogens with zero attached hydrogens (tertiary/aromatic N) is 1. The first-order chi connectivity index (χ1) is 16.0. The summed E-state index contributed by atoms with van der Waals surface area (Å²) in [6, 6.07) is 14.4. The first-order valence-electron chi connectivity index (χ1n) is 11.7. The number of nitrogens with one attached hydrogen (secondary N) is 2. The van der Waals surface area contributed by atoms with E-state index in [0.717, 1.165) is 25.7 Å². The number of amides is 3. The number of piperidine rings is 1. The molecule has 2 atom stereocenters. The molecule has 0 unspecified atom stereocenters. The zero-order valence-electron chi connectivity index (χ0n) is 18.6. The fourth-order valence-corrected chi connectivity index (χ4v) is 4.74. The predicted molar refractivity (Wildman–Crippen MR) is 123 cm³/mol. The molecule has 0 bridgehead atoms. The highest BCUT2D eigenvalue weighted by molar-refractivity contribution is 5.95. The van der Waals surface area contributed by atoms with Crippen molar-refractivity contribution in [1.29, 1.82) is 0 Å². The minimum absolute atomic E-state index is 0.00487. The highest BCUT2D eigenvalue weighted by atomic mass is 19.1. The average Bonchev–Trinajstić information content (AvgIpc) is 2.85. The Morgan fingerprint density at radius 1 is 0.758 bits per heavy atom. The Hall–Kier alpha value is -3.22. The number of rotatable bonds is 5. The number of benzene rings is 2. The molecule has 2 N–H and O–H groups in total. The smallest absolute Gasteiger partial charge is 0.253 e. The molecule has 2 aromatic rings. The summed E-state index contributed by atoms with van der Waals surface area (Å²) in [7, 11) is 0. The lowest BCUT2D eigenvalue weighted by atomic mass is 9.88. The van der Waals surface area contributed by atoms with Gasteiger partial charge in [-0.05, 0) is 62.1 Å². The number of likely N-dealkylation sites (tertiary alicyclic amines) is 1. The fourth-order valence-electron chi connectivity index (χ4n) is 4.74. The second-order valence-corrected chi connectivity index (χ2v) is 8.92. The number of hydrogen-bond acceptors (Lipinski definition) is 3. The summed E-state index contributed by atoms with van der Waals surface area (Å²) in [5.74, 6) is -0.778. The highest BCUT2D eigenvalue weighted by Gasteiger charge is 2.32. The summed E-state index contributed by atoms with van der Waals surface area (Å²) in [6.45, 7) is 1.11. The van der Waals surface area contributed by atoms with Crippen LogP contribution in [-0.2, 0) is 4.79 Å². The minimum atomic E-state index is -0.383. The zero-order valence-corrected chi connectivity index (χ0v) is 18.6. The third-order valence-corrected chi connectivity index (χ3v) is 6.69. The number of carbonyl (C=O) groups is 3. The summed E-state index contributed by atoms with van der Waals surface area (Å²) in [5.41, 5.74) is 1.07. The van der Waals surface area contributed by atoms with E-state index >= 15 is 0 Å². The largest absolute Gasteiger partial charge is 0.351 e. The van der Waals surface area contributed by atoms with Gasteiger partial charge in [-0.2, -0.15) is 0 Å². The molecule has 2 aromatic carbocycles. The Bertz CT molecular complexity index is 972. The molecule has 7 heteroatoms. The number of halogens is 1. The van der Waals surface area contributed by atoms with Gasteiger partial charge in [0, 0.05) is 42.2 Å². The Labute approximate surface area is 193 Å². The van der Waals surface area contributed by atoms with Crippen molar-refractivity contribution in [3.8, 4) is 0 Å². The molecule has 1 aliphatic carbocycles. The minimum Gasteiger partial charge on any atom is -0.351 e. The van der Waals surface area contributed by atoms with Crippen molar-refractivity contribution in [2.45, 2.75) is 50.6 Å². The van der Waals surface area contributed by atoms with Crippen molar-refractivity contribution in [1.82, 2.24) is 15.5 Å². The normalized spacial score (nSPS) is 21.3. The van der Waals surface area contributed by atoms with E-state index in [4.69, 9.17) is 0 Å². The van der Waals surface area contributed by atoms with E-state index in [1.54, 1.807) is 0 Å². The van der Waals surface area contributed by atoms with Gasteiger partial charge in [-0.3, -0.25) is 14.4 Å². The molecule has 1 saturated carbocycles. The SMILES string of the molecule is O=C(N[C@@H]1CCCC[C@H]1NC(=O)C1CCN(C(=O)c2ccccc2)CC1)c1ccc(F)cc1. The molecule has 2 fully saturated rings. The van der Waals surface area contributed by atoms with Crippen LogP contribution in [0.25, 0.3) is 0 Å². The van der Waals surface area contributed by atoms with E-state index < -0.39 is 0 Å². The van der Waals surface area contributed by atoms with Gasteiger partial charge < -0.3 is 15.5 Å². The van der Waals surface area contributed by atoms with Gasteiger partial charge in [0.1, 0.15) is 5.82 Å². The Morgan fingerprint density at radius 3 is 2.00 bits per heavy atom. The molecule has 174 valence electrons. The average molecular weight is 452 g/mol. The molecule has 2 aliphatic rings. The number of hydrogen-bond donors (Lipinski definition) is 2. The van der Waals surface area contributed by atoms with Crippen molar-refractivity contribution in [2.24, 2.45) is 5.92 Å². The van der Waals surface area contributed by atoms with Gasteiger partial charge in [-0.1, -0.05) is 31.0 Å². The van der Waals surface area contributed by atoms with E-state index in [0.29, 0.717) is 37.1 Å². The predicted octanol–water partition coefficient (Wildman–Crippen LogP) is 3.54. The van der Waals surface area contributed by atoms with E-state index in [1.807, 2.05) is 35.2 Å². The maximum absolute atomic E-state index is 13.1. The van der Waals surface area contributed by atoms with Crippen LogP contribution in [-0.4, -0.2) is 47.8 Å². The monoisotopic (exact) mass is 451 g/mol. The summed E-state index contributed by atoms with van der Waals surface area (Å²) in [4.78, 5) is 40.0. The van der Waals surface area contributed by atoms with Gasteiger partial charge in [0.25, 0.3) is 11.8 Å². The molecule has 3 amide bonds. The van der Waals surface area contributed by atoms with Gasteiger partial charge >= 0.3 is 0 Å². The molecule has 0 spiro atoms. The van der Waals surface area contributed by atoms with Crippen LogP contribution < -0.4 is 10.6 Å². The first kappa shape index (κ1) is 23.0. The Morgan fingerprint density at radius 2 is 1.36 bits per heavy atom. The standard InChI is InChI=1S/C26H30FN3O3/c27-21-12-10-18(11-13-21)24(31)28-22-8-4-5-9-23(22)29-25(32)19-14-16-30(17-15-19)26(33)20-6-2-1-3-7-20/h1-3,6-7,10-13,19,22-23H,4-5,8-9,14-17H2,(H,28,31)(H,29,32)/t22-,23-/m1/s1. The maximum Gasteiger partial charge on any atom is 0.253 e. The van der Waals surface area contributed by atoms with Crippen LogP contribution >= 0.6 is 0 Å². The molecule has 4 rings (SSSR count).